The summed E-state index contributed by atoms with van der Waals surface area (Å²) in [5, 5.41) is 6.60. The first-order valence-corrected chi connectivity index (χ1v) is 9.70. The van der Waals surface area contributed by atoms with Gasteiger partial charge in [0.2, 0.25) is 0 Å². The number of carbonyl (C=O) groups excluding carboxylic acids is 1. The van der Waals surface area contributed by atoms with Gasteiger partial charge in [-0.15, -0.1) is 0 Å². The molecular formula is C23H26N2O3. The van der Waals surface area contributed by atoms with Crippen molar-refractivity contribution in [2.24, 2.45) is 5.92 Å². The molecule has 1 amide bonds. The Balaban J connectivity index is 1.64. The number of carbonyl (C=O) groups is 1. The van der Waals surface area contributed by atoms with Crippen LogP contribution in [0.15, 0.2) is 54.6 Å². The lowest BCUT2D eigenvalue weighted by Crippen LogP contribution is -2.30. The first kappa shape index (κ1) is 18.6. The molecule has 0 spiro atoms. The summed E-state index contributed by atoms with van der Waals surface area (Å²) in [6, 6.07) is 14.3. The molecule has 2 aromatic rings. The molecule has 5 heteroatoms. The number of fused-ring (bicyclic) bond motifs is 3. The van der Waals surface area contributed by atoms with Gasteiger partial charge in [0.25, 0.3) is 5.91 Å². The molecule has 146 valence electrons. The van der Waals surface area contributed by atoms with E-state index in [1.807, 2.05) is 30.3 Å². The van der Waals surface area contributed by atoms with Gasteiger partial charge in [-0.25, -0.2) is 0 Å². The van der Waals surface area contributed by atoms with Crippen LogP contribution in [0, 0.1) is 5.92 Å². The van der Waals surface area contributed by atoms with Crippen LogP contribution >= 0.6 is 0 Å². The van der Waals surface area contributed by atoms with E-state index in [2.05, 4.69) is 34.9 Å². The summed E-state index contributed by atoms with van der Waals surface area (Å²) in [7, 11) is 3.34. The largest absolute Gasteiger partial charge is 0.496 e. The van der Waals surface area contributed by atoms with Gasteiger partial charge in [0.05, 0.1) is 19.8 Å². The van der Waals surface area contributed by atoms with Crippen molar-refractivity contribution < 1.29 is 14.3 Å². The number of allylic oxidation sites excluding steroid dienone is 2. The van der Waals surface area contributed by atoms with Gasteiger partial charge in [-0.3, -0.25) is 4.79 Å². The molecule has 1 heterocycles. The molecule has 1 aliphatic heterocycles. The number of ether oxygens (including phenoxy) is 2. The number of hydrogen-bond donors (Lipinski definition) is 2. The van der Waals surface area contributed by atoms with Crippen molar-refractivity contribution in [1.82, 2.24) is 5.32 Å². The van der Waals surface area contributed by atoms with Gasteiger partial charge in [0.1, 0.15) is 5.75 Å². The van der Waals surface area contributed by atoms with Crippen LogP contribution in [-0.2, 0) is 4.74 Å². The molecule has 0 bridgehead atoms. The highest BCUT2D eigenvalue weighted by molar-refractivity contribution is 5.95. The van der Waals surface area contributed by atoms with Crippen molar-refractivity contribution in [3.05, 3.63) is 71.3 Å². The van der Waals surface area contributed by atoms with E-state index in [9.17, 15) is 4.79 Å². The molecule has 0 radical (unpaired) electrons. The fourth-order valence-electron chi connectivity index (χ4n) is 4.34. The molecular weight excluding hydrogens is 352 g/mol. The lowest BCUT2D eigenvalue weighted by Gasteiger charge is -2.38. The average molecular weight is 378 g/mol. The maximum atomic E-state index is 12.4. The summed E-state index contributed by atoms with van der Waals surface area (Å²) in [4.78, 5) is 12.4. The minimum absolute atomic E-state index is 0.0646. The fourth-order valence-corrected chi connectivity index (χ4v) is 4.34. The van der Waals surface area contributed by atoms with E-state index in [4.69, 9.17) is 9.47 Å². The zero-order valence-electron chi connectivity index (χ0n) is 16.3. The third-order valence-electron chi connectivity index (χ3n) is 5.69. The molecule has 0 saturated carbocycles. The van der Waals surface area contributed by atoms with Crippen molar-refractivity contribution in [2.75, 3.05) is 32.7 Å². The Morgan fingerprint density at radius 2 is 2.04 bits per heavy atom. The smallest absolute Gasteiger partial charge is 0.251 e. The molecule has 0 saturated heterocycles. The monoisotopic (exact) mass is 378 g/mol. The predicted molar refractivity (Wildman–Crippen MR) is 110 cm³/mol. The summed E-state index contributed by atoms with van der Waals surface area (Å²) in [5.74, 6) is 1.53. The van der Waals surface area contributed by atoms with Crippen LogP contribution in [0.1, 0.15) is 39.9 Å². The standard InChI is InChI=1S/C23H26N2O3/c1-27-13-12-24-23(26)15-10-11-20-19(14-15)16-7-5-8-17(16)22(25-20)18-6-3-4-9-21(18)28-2/h3-7,9-11,14,16-17,22,25H,8,12-13H2,1-2H3,(H,24,26). The van der Waals surface area contributed by atoms with Gasteiger partial charge >= 0.3 is 0 Å². The summed E-state index contributed by atoms with van der Waals surface area (Å²) in [6.07, 6.45) is 5.53. The van der Waals surface area contributed by atoms with E-state index in [1.54, 1.807) is 14.2 Å². The minimum Gasteiger partial charge on any atom is -0.496 e. The maximum Gasteiger partial charge on any atom is 0.251 e. The molecule has 0 fully saturated rings. The first-order chi connectivity index (χ1) is 13.7. The molecule has 2 aliphatic rings. The highest BCUT2D eigenvalue weighted by Crippen LogP contribution is 2.51. The Hall–Kier alpha value is -2.79. The third-order valence-corrected chi connectivity index (χ3v) is 5.69. The van der Waals surface area contributed by atoms with Crippen molar-refractivity contribution in [3.63, 3.8) is 0 Å². The van der Waals surface area contributed by atoms with Crippen molar-refractivity contribution in [2.45, 2.75) is 18.4 Å². The molecule has 3 atom stereocenters. The van der Waals surface area contributed by atoms with Gasteiger partial charge in [0, 0.05) is 36.4 Å². The molecule has 5 nitrogen and oxygen atoms in total. The Morgan fingerprint density at radius 3 is 2.86 bits per heavy atom. The Morgan fingerprint density at radius 1 is 1.18 bits per heavy atom. The van der Waals surface area contributed by atoms with Crippen molar-refractivity contribution in [1.29, 1.82) is 0 Å². The Kier molecular flexibility index (Phi) is 5.35. The number of para-hydroxylation sites is 1. The van der Waals surface area contributed by atoms with Crippen LogP contribution in [0.5, 0.6) is 5.75 Å². The van der Waals surface area contributed by atoms with E-state index < -0.39 is 0 Å². The second-order valence-electron chi connectivity index (χ2n) is 7.27. The summed E-state index contributed by atoms with van der Waals surface area (Å²) in [5.41, 5.74) is 4.13. The molecule has 2 N–H and O–H groups in total. The molecule has 4 rings (SSSR count). The highest BCUT2D eigenvalue weighted by Gasteiger charge is 2.39. The Bertz CT molecular complexity index is 893. The van der Waals surface area contributed by atoms with Crippen LogP contribution in [0.3, 0.4) is 0 Å². The number of rotatable bonds is 6. The van der Waals surface area contributed by atoms with Crippen LogP contribution in [0.4, 0.5) is 5.69 Å². The minimum atomic E-state index is -0.0646. The zero-order valence-corrected chi connectivity index (χ0v) is 16.3. The van der Waals surface area contributed by atoms with Crippen LogP contribution in [0.25, 0.3) is 0 Å². The van der Waals surface area contributed by atoms with Crippen LogP contribution in [-0.4, -0.2) is 33.3 Å². The van der Waals surface area contributed by atoms with E-state index in [0.29, 0.717) is 24.6 Å². The van der Waals surface area contributed by atoms with Gasteiger partial charge in [-0.2, -0.15) is 0 Å². The van der Waals surface area contributed by atoms with Gasteiger partial charge in [0.15, 0.2) is 0 Å². The van der Waals surface area contributed by atoms with Gasteiger partial charge in [-0.05, 0) is 42.2 Å². The summed E-state index contributed by atoms with van der Waals surface area (Å²) >= 11 is 0. The lowest BCUT2D eigenvalue weighted by molar-refractivity contribution is 0.0937. The molecule has 2 aromatic carbocycles. The second kappa shape index (κ2) is 8.07. The SMILES string of the molecule is COCCNC(=O)c1ccc2c(c1)C1C=CCC1C(c1ccccc1OC)N2. The number of methoxy groups -OCH3 is 2. The first-order valence-electron chi connectivity index (χ1n) is 9.70. The zero-order chi connectivity index (χ0) is 19.5. The van der Waals surface area contributed by atoms with E-state index in [0.717, 1.165) is 17.9 Å². The highest BCUT2D eigenvalue weighted by atomic mass is 16.5. The third kappa shape index (κ3) is 3.38. The van der Waals surface area contributed by atoms with Gasteiger partial charge < -0.3 is 20.1 Å². The number of benzene rings is 2. The summed E-state index contributed by atoms with van der Waals surface area (Å²) < 4.78 is 10.6. The maximum absolute atomic E-state index is 12.4. The molecule has 28 heavy (non-hydrogen) atoms. The van der Waals surface area contributed by atoms with E-state index >= 15 is 0 Å². The number of nitrogens with one attached hydrogen (secondary N) is 2. The topological polar surface area (TPSA) is 59.6 Å². The fraction of sp³-hybridized carbons (Fsp3) is 0.348. The predicted octanol–water partition coefficient (Wildman–Crippen LogP) is 3.90. The van der Waals surface area contributed by atoms with E-state index in [-0.39, 0.29) is 17.9 Å². The molecule has 0 aromatic heterocycles. The second-order valence-corrected chi connectivity index (χ2v) is 7.27. The summed E-state index contributed by atoms with van der Waals surface area (Å²) in [6.45, 7) is 1.01. The number of anilines is 1. The quantitative estimate of drug-likeness (QED) is 0.591. The number of hydrogen-bond acceptors (Lipinski definition) is 4. The van der Waals surface area contributed by atoms with Crippen LogP contribution < -0.4 is 15.4 Å². The molecule has 1 aliphatic carbocycles. The van der Waals surface area contributed by atoms with Crippen molar-refractivity contribution in [3.8, 4) is 5.75 Å². The lowest BCUT2D eigenvalue weighted by atomic mass is 9.76. The van der Waals surface area contributed by atoms with Crippen LogP contribution in [0.2, 0.25) is 0 Å². The van der Waals surface area contributed by atoms with E-state index in [1.165, 1.54) is 11.1 Å². The number of amides is 1. The Labute approximate surface area is 165 Å². The average Bonchev–Trinajstić information content (AvgIpc) is 3.23. The van der Waals surface area contributed by atoms with Crippen molar-refractivity contribution >= 4 is 11.6 Å². The normalized spacial score (nSPS) is 22.1. The van der Waals surface area contributed by atoms with Gasteiger partial charge in [-0.1, -0.05) is 30.4 Å². The molecule has 3 unspecified atom stereocenters.